The topological polar surface area (TPSA) is 80.9 Å². The Labute approximate surface area is 107 Å². The van der Waals surface area contributed by atoms with E-state index in [-0.39, 0.29) is 11.1 Å². The lowest BCUT2D eigenvalue weighted by Crippen LogP contribution is -2.28. The Morgan fingerprint density at radius 2 is 2.11 bits per heavy atom. The van der Waals surface area contributed by atoms with Crippen molar-refractivity contribution < 1.29 is 0 Å². The summed E-state index contributed by atoms with van der Waals surface area (Å²) in [6, 6.07) is 6.21. The fourth-order valence-electron chi connectivity index (χ4n) is 1.40. The average molecular weight is 261 g/mol. The van der Waals surface area contributed by atoms with Crippen LogP contribution in [0.2, 0.25) is 0 Å². The molecular formula is C12H11N3O2S. The Bertz CT molecular complexity index is 715. The predicted molar refractivity (Wildman–Crippen MR) is 70.7 cm³/mol. The molecule has 0 unspecified atom stereocenters. The molecule has 0 bridgehead atoms. The van der Waals surface area contributed by atoms with Crippen molar-refractivity contribution in [1.29, 1.82) is 0 Å². The largest absolute Gasteiger partial charge is 0.320 e. The Balaban J connectivity index is 2.24. The molecule has 2 aromatic heterocycles. The van der Waals surface area contributed by atoms with E-state index in [2.05, 4.69) is 16.9 Å². The van der Waals surface area contributed by atoms with Gasteiger partial charge in [-0.25, -0.2) is 4.68 Å². The number of hydrogen-bond acceptors (Lipinski definition) is 4. The van der Waals surface area contributed by atoms with Crippen LogP contribution in [-0.4, -0.2) is 16.3 Å². The summed E-state index contributed by atoms with van der Waals surface area (Å²) in [7, 11) is 0. The molecule has 0 atom stereocenters. The van der Waals surface area contributed by atoms with E-state index < -0.39 is 0 Å². The van der Waals surface area contributed by atoms with Gasteiger partial charge in [0.25, 0.3) is 11.1 Å². The molecule has 18 heavy (non-hydrogen) atoms. The highest BCUT2D eigenvalue weighted by molar-refractivity contribution is 7.12. The van der Waals surface area contributed by atoms with E-state index >= 15 is 0 Å². The van der Waals surface area contributed by atoms with Gasteiger partial charge in [0, 0.05) is 17.0 Å². The van der Waals surface area contributed by atoms with Crippen molar-refractivity contribution in [2.24, 2.45) is 5.73 Å². The van der Waals surface area contributed by atoms with Crippen molar-refractivity contribution in [2.75, 3.05) is 6.54 Å². The second-order valence-corrected chi connectivity index (χ2v) is 4.67. The second kappa shape index (κ2) is 5.49. The first kappa shape index (κ1) is 12.4. The van der Waals surface area contributed by atoms with Crippen LogP contribution in [0.4, 0.5) is 0 Å². The molecule has 0 fully saturated rings. The van der Waals surface area contributed by atoms with Gasteiger partial charge in [0.05, 0.1) is 18.0 Å². The third-order valence-corrected chi connectivity index (χ3v) is 3.16. The molecule has 0 aliphatic carbocycles. The molecule has 0 aromatic carbocycles. The number of thiophene rings is 1. The maximum absolute atomic E-state index is 11.5. The van der Waals surface area contributed by atoms with Gasteiger partial charge in [-0.15, -0.1) is 11.3 Å². The second-order valence-electron chi connectivity index (χ2n) is 3.51. The number of rotatable bonds is 2. The van der Waals surface area contributed by atoms with E-state index in [9.17, 15) is 9.59 Å². The van der Waals surface area contributed by atoms with Crippen molar-refractivity contribution in [3.8, 4) is 11.8 Å². The summed E-state index contributed by atoms with van der Waals surface area (Å²) in [4.78, 5) is 24.5. The zero-order valence-electron chi connectivity index (χ0n) is 9.47. The number of aromatic nitrogens is 2. The lowest BCUT2D eigenvalue weighted by atomic mass is 10.4. The van der Waals surface area contributed by atoms with Crippen LogP contribution in [-0.2, 0) is 6.54 Å². The molecule has 0 radical (unpaired) electrons. The standard InChI is InChI=1S/C12H11N3O2S/c13-7-1-2-9-3-4-10(18-9)8-15-12(17)6-5-11(16)14-15/h3-6H,7-8,13H2,(H,14,16). The van der Waals surface area contributed by atoms with Gasteiger partial charge in [-0.05, 0) is 12.1 Å². The molecular weight excluding hydrogens is 250 g/mol. The molecule has 3 N–H and O–H groups in total. The summed E-state index contributed by atoms with van der Waals surface area (Å²) in [5.41, 5.74) is 4.75. The van der Waals surface area contributed by atoms with E-state index in [1.807, 2.05) is 12.1 Å². The number of nitrogens with one attached hydrogen (secondary N) is 1. The number of hydrogen-bond donors (Lipinski definition) is 2. The lowest BCUT2D eigenvalue weighted by molar-refractivity contribution is 0.633. The third kappa shape index (κ3) is 2.97. The van der Waals surface area contributed by atoms with E-state index in [4.69, 9.17) is 5.73 Å². The molecule has 0 saturated heterocycles. The van der Waals surface area contributed by atoms with Gasteiger partial charge in [-0.1, -0.05) is 11.8 Å². The fourth-order valence-corrected chi connectivity index (χ4v) is 2.28. The summed E-state index contributed by atoms with van der Waals surface area (Å²) in [5.74, 6) is 5.68. The Morgan fingerprint density at radius 3 is 2.89 bits per heavy atom. The zero-order chi connectivity index (χ0) is 13.0. The maximum Gasteiger partial charge on any atom is 0.265 e. The summed E-state index contributed by atoms with van der Waals surface area (Å²) >= 11 is 1.47. The van der Waals surface area contributed by atoms with Gasteiger partial charge in [0.2, 0.25) is 0 Å². The highest BCUT2D eigenvalue weighted by Crippen LogP contribution is 2.15. The summed E-state index contributed by atoms with van der Waals surface area (Å²) in [5, 5.41) is 2.48. The smallest absolute Gasteiger partial charge is 0.265 e. The van der Waals surface area contributed by atoms with Crippen molar-refractivity contribution >= 4 is 11.3 Å². The predicted octanol–water partition coefficient (Wildman–Crippen LogP) is -0.0434. The van der Waals surface area contributed by atoms with Gasteiger partial charge in [0.1, 0.15) is 0 Å². The van der Waals surface area contributed by atoms with E-state index in [0.29, 0.717) is 13.1 Å². The minimum atomic E-state index is -0.297. The molecule has 2 rings (SSSR count). The number of nitrogens with zero attached hydrogens (tertiary/aromatic N) is 1. The number of aromatic amines is 1. The van der Waals surface area contributed by atoms with Crippen molar-refractivity contribution in [2.45, 2.75) is 6.54 Å². The van der Waals surface area contributed by atoms with E-state index in [1.165, 1.54) is 28.2 Å². The minimum absolute atomic E-state index is 0.238. The molecule has 0 aliphatic rings. The van der Waals surface area contributed by atoms with Crippen LogP contribution < -0.4 is 16.9 Å². The van der Waals surface area contributed by atoms with Crippen molar-refractivity contribution in [3.63, 3.8) is 0 Å². The Hall–Kier alpha value is -2.10. The Kier molecular flexibility index (Phi) is 3.77. The van der Waals surface area contributed by atoms with Crippen LogP contribution in [0.5, 0.6) is 0 Å². The third-order valence-electron chi connectivity index (χ3n) is 2.18. The zero-order valence-corrected chi connectivity index (χ0v) is 10.3. The highest BCUT2D eigenvalue weighted by atomic mass is 32.1. The SMILES string of the molecule is NCC#Cc1ccc(Cn2[nH]c(=O)ccc2=O)s1. The first-order valence-corrected chi connectivity index (χ1v) is 6.08. The van der Waals surface area contributed by atoms with Gasteiger partial charge in [-0.2, -0.15) is 0 Å². The quantitative estimate of drug-likeness (QED) is 0.744. The van der Waals surface area contributed by atoms with Crippen LogP contribution in [0, 0.1) is 11.8 Å². The van der Waals surface area contributed by atoms with Crippen LogP contribution in [0.15, 0.2) is 33.9 Å². The molecule has 6 heteroatoms. The number of nitrogens with two attached hydrogens (primary N) is 1. The van der Waals surface area contributed by atoms with E-state index in [0.717, 1.165) is 9.75 Å². The summed E-state index contributed by atoms with van der Waals surface area (Å²) in [6.07, 6.45) is 0. The highest BCUT2D eigenvalue weighted by Gasteiger charge is 2.01. The summed E-state index contributed by atoms with van der Waals surface area (Å²) in [6.45, 7) is 0.655. The molecule has 2 aromatic rings. The van der Waals surface area contributed by atoms with Crippen LogP contribution in [0.1, 0.15) is 9.75 Å². The normalized spacial score (nSPS) is 9.83. The van der Waals surface area contributed by atoms with Gasteiger partial charge in [0.15, 0.2) is 0 Å². The molecule has 5 nitrogen and oxygen atoms in total. The van der Waals surface area contributed by atoms with Crippen LogP contribution >= 0.6 is 11.3 Å². The Morgan fingerprint density at radius 1 is 1.28 bits per heavy atom. The monoisotopic (exact) mass is 261 g/mol. The first-order chi connectivity index (χ1) is 8.69. The van der Waals surface area contributed by atoms with Crippen molar-refractivity contribution in [3.05, 3.63) is 54.7 Å². The minimum Gasteiger partial charge on any atom is -0.320 e. The molecule has 0 amide bonds. The maximum atomic E-state index is 11.5. The summed E-state index contributed by atoms with van der Waals surface area (Å²) < 4.78 is 1.27. The van der Waals surface area contributed by atoms with E-state index in [1.54, 1.807) is 0 Å². The van der Waals surface area contributed by atoms with Crippen molar-refractivity contribution in [1.82, 2.24) is 9.78 Å². The van der Waals surface area contributed by atoms with Gasteiger partial charge < -0.3 is 5.73 Å². The van der Waals surface area contributed by atoms with Crippen LogP contribution in [0.3, 0.4) is 0 Å². The van der Waals surface area contributed by atoms with Gasteiger partial charge in [-0.3, -0.25) is 14.7 Å². The molecule has 92 valence electrons. The average Bonchev–Trinajstić information content (AvgIpc) is 2.79. The first-order valence-electron chi connectivity index (χ1n) is 5.27. The fraction of sp³-hybridized carbons (Fsp3) is 0.167. The van der Waals surface area contributed by atoms with Crippen LogP contribution in [0.25, 0.3) is 0 Å². The lowest BCUT2D eigenvalue weighted by Gasteiger charge is -2.01. The molecule has 0 aliphatic heterocycles. The van der Waals surface area contributed by atoms with Gasteiger partial charge >= 0.3 is 0 Å². The number of H-pyrrole nitrogens is 1. The molecule has 0 saturated carbocycles. The molecule has 0 spiro atoms. The molecule has 2 heterocycles.